The van der Waals surface area contributed by atoms with E-state index in [2.05, 4.69) is 0 Å². The Labute approximate surface area is 106 Å². The van der Waals surface area contributed by atoms with Crippen molar-refractivity contribution < 1.29 is 17.9 Å². The molecular formula is C11H16N2O4S. The highest BCUT2D eigenvalue weighted by molar-refractivity contribution is 7.89. The predicted molar refractivity (Wildman–Crippen MR) is 66.1 cm³/mol. The number of benzene rings is 1. The van der Waals surface area contributed by atoms with Crippen LogP contribution in [0.3, 0.4) is 0 Å². The van der Waals surface area contributed by atoms with E-state index in [1.165, 1.54) is 16.4 Å². The number of hydrogen-bond acceptors (Lipinski definition) is 5. The van der Waals surface area contributed by atoms with Crippen molar-refractivity contribution in [3.05, 3.63) is 18.2 Å². The zero-order valence-electron chi connectivity index (χ0n) is 10.1. The maximum atomic E-state index is 12.3. The van der Waals surface area contributed by atoms with Crippen molar-refractivity contribution in [2.75, 3.05) is 26.4 Å². The van der Waals surface area contributed by atoms with Gasteiger partial charge >= 0.3 is 0 Å². The molecule has 0 spiro atoms. The largest absolute Gasteiger partial charge is 0.454 e. The Bertz CT molecular complexity index is 530. The molecule has 1 aromatic carbocycles. The Balaban J connectivity index is 2.35. The van der Waals surface area contributed by atoms with Gasteiger partial charge in [-0.2, -0.15) is 4.31 Å². The molecule has 0 saturated carbocycles. The molecule has 18 heavy (non-hydrogen) atoms. The van der Waals surface area contributed by atoms with Crippen LogP contribution in [0.1, 0.15) is 6.92 Å². The minimum atomic E-state index is -3.52. The highest BCUT2D eigenvalue weighted by Crippen LogP contribution is 2.34. The van der Waals surface area contributed by atoms with Crippen molar-refractivity contribution in [1.29, 1.82) is 0 Å². The SMILES string of the molecule is CCN(CCN)S(=O)(=O)c1ccc2c(c1)OCO2. The van der Waals surface area contributed by atoms with Crippen LogP contribution in [-0.2, 0) is 10.0 Å². The molecule has 0 amide bonds. The van der Waals surface area contributed by atoms with E-state index < -0.39 is 10.0 Å². The van der Waals surface area contributed by atoms with E-state index in [0.717, 1.165) is 0 Å². The Kier molecular flexibility index (Phi) is 3.74. The minimum absolute atomic E-state index is 0.124. The van der Waals surface area contributed by atoms with Gasteiger partial charge in [-0.25, -0.2) is 8.42 Å². The van der Waals surface area contributed by atoms with E-state index in [1.54, 1.807) is 13.0 Å². The predicted octanol–water partition coefficient (Wildman–Crippen LogP) is 0.385. The van der Waals surface area contributed by atoms with Gasteiger partial charge in [-0.1, -0.05) is 6.92 Å². The van der Waals surface area contributed by atoms with Gasteiger partial charge in [-0.3, -0.25) is 0 Å². The summed E-state index contributed by atoms with van der Waals surface area (Å²) in [6.45, 7) is 2.87. The molecule has 7 heteroatoms. The van der Waals surface area contributed by atoms with E-state index in [9.17, 15) is 8.42 Å². The molecule has 0 atom stereocenters. The summed E-state index contributed by atoms with van der Waals surface area (Å²) < 4.78 is 36.3. The molecule has 0 aromatic heterocycles. The molecule has 1 aliphatic rings. The number of nitrogens with zero attached hydrogens (tertiary/aromatic N) is 1. The van der Waals surface area contributed by atoms with Gasteiger partial charge in [-0.15, -0.1) is 0 Å². The first kappa shape index (κ1) is 13.1. The smallest absolute Gasteiger partial charge is 0.243 e. The van der Waals surface area contributed by atoms with Crippen molar-refractivity contribution in [3.8, 4) is 11.5 Å². The lowest BCUT2D eigenvalue weighted by atomic mass is 10.3. The first-order valence-electron chi connectivity index (χ1n) is 5.69. The highest BCUT2D eigenvalue weighted by atomic mass is 32.2. The number of rotatable bonds is 5. The number of fused-ring (bicyclic) bond motifs is 1. The quantitative estimate of drug-likeness (QED) is 0.838. The van der Waals surface area contributed by atoms with Gasteiger partial charge in [0, 0.05) is 25.7 Å². The Hall–Kier alpha value is -1.31. The third-order valence-corrected chi connectivity index (χ3v) is 4.68. The summed E-state index contributed by atoms with van der Waals surface area (Å²) in [6, 6.07) is 4.60. The fourth-order valence-electron chi connectivity index (χ4n) is 1.78. The molecule has 1 heterocycles. The van der Waals surface area contributed by atoms with Crippen LogP contribution in [0.4, 0.5) is 0 Å². The first-order valence-corrected chi connectivity index (χ1v) is 7.13. The van der Waals surface area contributed by atoms with Crippen LogP contribution < -0.4 is 15.2 Å². The summed E-state index contributed by atoms with van der Waals surface area (Å²) in [7, 11) is -3.52. The van der Waals surface area contributed by atoms with Gasteiger partial charge < -0.3 is 15.2 Å². The third kappa shape index (κ3) is 2.29. The van der Waals surface area contributed by atoms with Crippen molar-refractivity contribution in [1.82, 2.24) is 4.31 Å². The normalized spacial score (nSPS) is 14.2. The molecule has 0 unspecified atom stereocenters. The van der Waals surface area contributed by atoms with Crippen LogP contribution in [0.2, 0.25) is 0 Å². The number of ether oxygens (including phenoxy) is 2. The summed E-state index contributed by atoms with van der Waals surface area (Å²) >= 11 is 0. The molecule has 2 rings (SSSR count). The van der Waals surface area contributed by atoms with Crippen molar-refractivity contribution in [2.24, 2.45) is 5.73 Å². The summed E-state index contributed by atoms with van der Waals surface area (Å²) in [6.07, 6.45) is 0. The molecule has 6 nitrogen and oxygen atoms in total. The van der Waals surface area contributed by atoms with E-state index in [0.29, 0.717) is 24.6 Å². The van der Waals surface area contributed by atoms with Gasteiger partial charge in [0.1, 0.15) is 0 Å². The van der Waals surface area contributed by atoms with Crippen molar-refractivity contribution in [2.45, 2.75) is 11.8 Å². The Morgan fingerprint density at radius 2 is 2.06 bits per heavy atom. The van der Waals surface area contributed by atoms with Gasteiger partial charge in [0.2, 0.25) is 16.8 Å². The maximum Gasteiger partial charge on any atom is 0.243 e. The summed E-state index contributed by atoms with van der Waals surface area (Å²) in [4.78, 5) is 0.196. The summed E-state index contributed by atoms with van der Waals surface area (Å²) in [5.41, 5.74) is 5.42. The maximum absolute atomic E-state index is 12.3. The van der Waals surface area contributed by atoms with Gasteiger partial charge in [0.05, 0.1) is 4.90 Å². The average Bonchev–Trinajstić information content (AvgIpc) is 2.82. The van der Waals surface area contributed by atoms with Crippen molar-refractivity contribution in [3.63, 3.8) is 0 Å². The molecule has 100 valence electrons. The fraction of sp³-hybridized carbons (Fsp3) is 0.455. The molecule has 1 aromatic rings. The van der Waals surface area contributed by atoms with Crippen LogP contribution >= 0.6 is 0 Å². The second-order valence-corrected chi connectivity index (χ2v) is 5.74. The number of nitrogens with two attached hydrogens (primary N) is 1. The lowest BCUT2D eigenvalue weighted by Gasteiger charge is -2.19. The minimum Gasteiger partial charge on any atom is -0.454 e. The molecule has 0 fully saturated rings. The van der Waals surface area contributed by atoms with Crippen molar-refractivity contribution >= 4 is 10.0 Å². The van der Waals surface area contributed by atoms with Gasteiger partial charge in [-0.05, 0) is 12.1 Å². The second kappa shape index (κ2) is 5.13. The summed E-state index contributed by atoms with van der Waals surface area (Å²) in [5.74, 6) is 1.02. The van der Waals surface area contributed by atoms with Crippen LogP contribution in [0.15, 0.2) is 23.1 Å². The molecule has 1 aliphatic heterocycles. The van der Waals surface area contributed by atoms with E-state index in [1.807, 2.05) is 0 Å². The average molecular weight is 272 g/mol. The molecule has 0 saturated heterocycles. The monoisotopic (exact) mass is 272 g/mol. The van der Waals surface area contributed by atoms with Gasteiger partial charge in [0.15, 0.2) is 11.5 Å². The number of hydrogen-bond donors (Lipinski definition) is 1. The van der Waals surface area contributed by atoms with Gasteiger partial charge in [0.25, 0.3) is 0 Å². The first-order chi connectivity index (χ1) is 8.59. The zero-order valence-corrected chi connectivity index (χ0v) is 10.9. The van der Waals surface area contributed by atoms with E-state index >= 15 is 0 Å². The highest BCUT2D eigenvalue weighted by Gasteiger charge is 2.25. The molecule has 2 N–H and O–H groups in total. The lowest BCUT2D eigenvalue weighted by molar-refractivity contribution is 0.174. The van der Waals surface area contributed by atoms with Crippen LogP contribution in [0.25, 0.3) is 0 Å². The van der Waals surface area contributed by atoms with Crippen LogP contribution in [0.5, 0.6) is 11.5 Å². The number of likely N-dealkylation sites (N-methyl/N-ethyl adjacent to an activating group) is 1. The third-order valence-electron chi connectivity index (χ3n) is 2.71. The topological polar surface area (TPSA) is 81.9 Å². The van der Waals surface area contributed by atoms with Crippen LogP contribution in [0, 0.1) is 0 Å². The summed E-state index contributed by atoms with van der Waals surface area (Å²) in [5, 5.41) is 0. The Morgan fingerprint density at radius 3 is 2.72 bits per heavy atom. The van der Waals surface area contributed by atoms with Crippen LogP contribution in [-0.4, -0.2) is 39.2 Å². The fourth-order valence-corrected chi connectivity index (χ4v) is 3.26. The number of sulfonamides is 1. The molecule has 0 radical (unpaired) electrons. The zero-order chi connectivity index (χ0) is 13.2. The van der Waals surface area contributed by atoms with E-state index in [-0.39, 0.29) is 18.2 Å². The second-order valence-electron chi connectivity index (χ2n) is 3.80. The standard InChI is InChI=1S/C11H16N2O4S/c1-2-13(6-5-12)18(14,15)9-3-4-10-11(7-9)17-8-16-10/h3-4,7H,2,5-6,8,12H2,1H3. The molecule has 0 aliphatic carbocycles. The lowest BCUT2D eigenvalue weighted by Crippen LogP contribution is -2.35. The molecule has 0 bridgehead atoms. The molecular weight excluding hydrogens is 256 g/mol. The van der Waals surface area contributed by atoms with E-state index in [4.69, 9.17) is 15.2 Å². The Morgan fingerprint density at radius 1 is 1.33 bits per heavy atom.